The van der Waals surface area contributed by atoms with Crippen LogP contribution < -0.4 is 5.36 Å². The quantitative estimate of drug-likeness (QED) is 0.368. The molecule has 1 aliphatic heterocycles. The van der Waals surface area contributed by atoms with E-state index in [4.69, 9.17) is 18.7 Å². The smallest absolute Gasteiger partial charge is 0.158 e. The van der Waals surface area contributed by atoms with Crippen molar-refractivity contribution in [3.8, 4) is 11.5 Å². The molecular formula is C25H26N2O4S. The van der Waals surface area contributed by atoms with Crippen molar-refractivity contribution in [1.82, 2.24) is 4.98 Å². The molecule has 4 aromatic rings. The van der Waals surface area contributed by atoms with Crippen molar-refractivity contribution in [3.63, 3.8) is 0 Å². The summed E-state index contributed by atoms with van der Waals surface area (Å²) in [4.78, 5) is 10.4. The summed E-state index contributed by atoms with van der Waals surface area (Å²) in [5.41, 5.74) is 2.28. The van der Waals surface area contributed by atoms with Gasteiger partial charge in [-0.15, -0.1) is 11.3 Å². The molecule has 0 spiro atoms. The van der Waals surface area contributed by atoms with Gasteiger partial charge in [-0.05, 0) is 62.4 Å². The molecular weight excluding hydrogens is 424 g/mol. The van der Waals surface area contributed by atoms with Crippen molar-refractivity contribution in [2.24, 2.45) is 5.16 Å². The highest BCUT2D eigenvalue weighted by molar-refractivity contribution is 7.17. The number of pyridine rings is 1. The highest BCUT2D eigenvalue weighted by Gasteiger charge is 2.16. The number of aryl methyl sites for hydroxylation is 1. The molecule has 0 saturated carbocycles. The molecule has 5 rings (SSSR count). The molecule has 0 unspecified atom stereocenters. The van der Waals surface area contributed by atoms with Gasteiger partial charge in [0, 0.05) is 34.2 Å². The van der Waals surface area contributed by atoms with Gasteiger partial charge >= 0.3 is 0 Å². The van der Waals surface area contributed by atoms with E-state index in [0.717, 1.165) is 40.2 Å². The fourth-order valence-corrected chi connectivity index (χ4v) is 4.41. The van der Waals surface area contributed by atoms with Gasteiger partial charge in [0.15, 0.2) is 12.1 Å². The Bertz CT molecular complexity index is 1310. The number of ether oxygens (including phenoxy) is 2. The summed E-state index contributed by atoms with van der Waals surface area (Å²) in [6.45, 7) is 7.27. The minimum Gasteiger partial charge on any atom is -0.454 e. The topological polar surface area (TPSA) is 66.1 Å². The first-order valence-electron chi connectivity index (χ1n) is 10.8. The molecule has 6 nitrogen and oxygen atoms in total. The van der Waals surface area contributed by atoms with E-state index in [9.17, 15) is 0 Å². The first-order valence-corrected chi connectivity index (χ1v) is 11.7. The van der Waals surface area contributed by atoms with Crippen LogP contribution in [0.5, 0.6) is 0 Å². The molecule has 0 radical (unpaired) electrons. The fourth-order valence-electron chi connectivity index (χ4n) is 3.61. The highest BCUT2D eigenvalue weighted by atomic mass is 32.1. The number of hydrogen-bond donors (Lipinski definition) is 0. The maximum Gasteiger partial charge on any atom is 0.158 e. The molecule has 0 aliphatic carbocycles. The number of nitrogens with zero attached hydrogens (tertiary/aromatic N) is 2. The molecule has 0 amide bonds. The predicted molar refractivity (Wildman–Crippen MR) is 125 cm³/mol. The molecule has 32 heavy (non-hydrogen) atoms. The summed E-state index contributed by atoms with van der Waals surface area (Å²) in [6.07, 6.45) is 3.42. The average molecular weight is 451 g/mol. The Kier molecular flexibility index (Phi) is 5.71. The van der Waals surface area contributed by atoms with E-state index >= 15 is 0 Å². The number of aromatic nitrogens is 1. The highest BCUT2D eigenvalue weighted by Crippen LogP contribution is 2.27. The Labute approximate surface area is 190 Å². The van der Waals surface area contributed by atoms with Gasteiger partial charge in [0.25, 0.3) is 0 Å². The maximum absolute atomic E-state index is 6.26. The fraction of sp³-hybridized carbons (Fsp3) is 0.360. The lowest BCUT2D eigenvalue weighted by Gasteiger charge is -2.15. The van der Waals surface area contributed by atoms with Crippen LogP contribution in [0.4, 0.5) is 0 Å². The Balaban J connectivity index is 1.56. The lowest BCUT2D eigenvalue weighted by molar-refractivity contribution is -0.0461. The first-order chi connectivity index (χ1) is 15.4. The van der Waals surface area contributed by atoms with Gasteiger partial charge in [-0.2, -0.15) is 0 Å². The molecule has 1 fully saturated rings. The van der Waals surface area contributed by atoms with Crippen molar-refractivity contribution in [2.45, 2.75) is 45.5 Å². The van der Waals surface area contributed by atoms with Crippen LogP contribution in [0.25, 0.3) is 32.5 Å². The van der Waals surface area contributed by atoms with E-state index in [1.54, 1.807) is 11.3 Å². The summed E-state index contributed by atoms with van der Waals surface area (Å²) in [6, 6.07) is 12.2. The molecule has 166 valence electrons. The minimum atomic E-state index is -0.400. The zero-order valence-corrected chi connectivity index (χ0v) is 19.3. The summed E-state index contributed by atoms with van der Waals surface area (Å²) in [5.74, 6) is 0.657. The van der Waals surface area contributed by atoms with Crippen molar-refractivity contribution in [2.75, 3.05) is 13.2 Å². The Hall–Kier alpha value is -2.74. The average Bonchev–Trinajstić information content (AvgIpc) is 3.46. The second-order valence-electron chi connectivity index (χ2n) is 8.86. The van der Waals surface area contributed by atoms with E-state index in [0.29, 0.717) is 19.0 Å². The van der Waals surface area contributed by atoms with Gasteiger partial charge in [0.2, 0.25) is 0 Å². The summed E-state index contributed by atoms with van der Waals surface area (Å²) < 4.78 is 18.6. The number of fused-ring (bicyclic) bond motifs is 2. The van der Waals surface area contributed by atoms with Crippen LogP contribution in [0.15, 0.2) is 57.5 Å². The zero-order valence-electron chi connectivity index (χ0n) is 18.5. The molecule has 1 aliphatic rings. The third kappa shape index (κ3) is 4.70. The largest absolute Gasteiger partial charge is 0.454 e. The van der Waals surface area contributed by atoms with Crippen LogP contribution in [-0.2, 0) is 20.7 Å². The van der Waals surface area contributed by atoms with Gasteiger partial charge in [0.1, 0.15) is 22.2 Å². The number of hydrogen-bond acceptors (Lipinski definition) is 7. The lowest BCUT2D eigenvalue weighted by atomic mass is 10.1. The maximum atomic E-state index is 6.26. The predicted octanol–water partition coefficient (Wildman–Crippen LogP) is 5.65. The van der Waals surface area contributed by atoms with Gasteiger partial charge < -0.3 is 18.7 Å². The second-order valence-corrected chi connectivity index (χ2v) is 9.81. The van der Waals surface area contributed by atoms with E-state index in [2.05, 4.69) is 39.8 Å². The lowest BCUT2D eigenvalue weighted by Crippen LogP contribution is -2.18. The van der Waals surface area contributed by atoms with Crippen LogP contribution in [0.2, 0.25) is 0 Å². The van der Waals surface area contributed by atoms with Gasteiger partial charge in [-0.3, -0.25) is 4.98 Å². The van der Waals surface area contributed by atoms with Crippen LogP contribution >= 0.6 is 11.3 Å². The minimum absolute atomic E-state index is 0.121. The van der Waals surface area contributed by atoms with E-state index in [-0.39, 0.29) is 6.29 Å². The number of rotatable bonds is 5. The molecule has 3 aromatic heterocycles. The molecule has 1 aromatic carbocycles. The van der Waals surface area contributed by atoms with Gasteiger partial charge in [-0.25, -0.2) is 0 Å². The number of benzene rings is 1. The molecule has 4 heterocycles. The summed E-state index contributed by atoms with van der Waals surface area (Å²) in [7, 11) is 0. The van der Waals surface area contributed by atoms with E-state index < -0.39 is 5.60 Å². The van der Waals surface area contributed by atoms with Gasteiger partial charge in [0.05, 0.1) is 13.2 Å². The molecule has 1 saturated heterocycles. The third-order valence-corrected chi connectivity index (χ3v) is 6.05. The Morgan fingerprint density at radius 2 is 1.97 bits per heavy atom. The van der Waals surface area contributed by atoms with Crippen LogP contribution in [0.3, 0.4) is 0 Å². The molecule has 7 heteroatoms. The Morgan fingerprint density at radius 3 is 2.78 bits per heavy atom. The SMILES string of the molecule is CC(C)(C)O/N=c1\cc(-c2cc3sccc3cn2)oc2ccc(CCC3OCCO3)cc12. The molecule has 0 N–H and O–H groups in total. The van der Waals surface area contributed by atoms with Crippen molar-refractivity contribution in [1.29, 1.82) is 0 Å². The van der Waals surface area contributed by atoms with Crippen molar-refractivity contribution in [3.05, 3.63) is 58.9 Å². The van der Waals surface area contributed by atoms with Crippen molar-refractivity contribution >= 4 is 32.4 Å². The normalized spacial score (nSPS) is 15.8. The third-order valence-electron chi connectivity index (χ3n) is 5.18. The number of thiophene rings is 1. The Morgan fingerprint density at radius 1 is 1.12 bits per heavy atom. The van der Waals surface area contributed by atoms with E-state index in [1.165, 1.54) is 10.3 Å². The second kappa shape index (κ2) is 8.65. The zero-order chi connectivity index (χ0) is 22.1. The van der Waals surface area contributed by atoms with Crippen LogP contribution in [0, 0.1) is 0 Å². The monoisotopic (exact) mass is 450 g/mol. The molecule has 0 bridgehead atoms. The van der Waals surface area contributed by atoms with Crippen LogP contribution in [0.1, 0.15) is 32.8 Å². The summed E-state index contributed by atoms with van der Waals surface area (Å²) >= 11 is 1.69. The summed E-state index contributed by atoms with van der Waals surface area (Å²) in [5, 5.41) is 9.30. The molecule has 0 atom stereocenters. The van der Waals surface area contributed by atoms with Gasteiger partial charge in [-0.1, -0.05) is 11.2 Å². The standard InChI is InChI=1S/C25H26N2O4S/c1-25(2,3)31-27-19-13-22(20-14-23-17(15-26-20)8-11-32-23)30-21-6-4-16(12-18(19)21)5-7-24-28-9-10-29-24/h4,6,8,11-15,24H,5,7,9-10H2,1-3H3/b27-19+. The first kappa shape index (κ1) is 21.1. The van der Waals surface area contributed by atoms with Crippen molar-refractivity contribution < 1.29 is 18.7 Å². The van der Waals surface area contributed by atoms with E-state index in [1.807, 2.05) is 39.1 Å². The van der Waals surface area contributed by atoms with Crippen LogP contribution in [-0.4, -0.2) is 30.1 Å².